The fourth-order valence-corrected chi connectivity index (χ4v) is 4.20. The standard InChI is InChI=1S/C16H16F2N2O2S/c1-11-10-20(16-5-3-2-4-12(16)9-19-11)23(21,22)13-6-7-14(17)15(18)8-13/h2-8,11,19H,9-10H2,1H3. The molecule has 1 unspecified atom stereocenters. The third kappa shape index (κ3) is 2.94. The molecule has 4 nitrogen and oxygen atoms in total. The van der Waals surface area contributed by atoms with Gasteiger partial charge in [0.2, 0.25) is 0 Å². The van der Waals surface area contributed by atoms with Crippen molar-refractivity contribution in [2.75, 3.05) is 10.8 Å². The molecule has 1 N–H and O–H groups in total. The Hall–Kier alpha value is -1.99. The Morgan fingerprint density at radius 2 is 1.87 bits per heavy atom. The van der Waals surface area contributed by atoms with E-state index in [0.29, 0.717) is 12.2 Å². The van der Waals surface area contributed by atoms with Gasteiger partial charge in [0.05, 0.1) is 10.6 Å². The molecule has 122 valence electrons. The maximum absolute atomic E-state index is 13.5. The second-order valence-corrected chi connectivity index (χ2v) is 7.39. The Balaban J connectivity index is 2.12. The van der Waals surface area contributed by atoms with Crippen LogP contribution in [0.5, 0.6) is 0 Å². The van der Waals surface area contributed by atoms with Gasteiger partial charge in [-0.1, -0.05) is 18.2 Å². The van der Waals surface area contributed by atoms with E-state index in [-0.39, 0.29) is 17.5 Å². The number of fused-ring (bicyclic) bond motifs is 1. The van der Waals surface area contributed by atoms with Gasteiger partial charge in [-0.15, -0.1) is 0 Å². The van der Waals surface area contributed by atoms with Gasteiger partial charge in [0, 0.05) is 19.1 Å². The Kier molecular flexibility index (Phi) is 4.08. The maximum Gasteiger partial charge on any atom is 0.264 e. The Morgan fingerprint density at radius 1 is 1.13 bits per heavy atom. The number of rotatable bonds is 2. The van der Waals surface area contributed by atoms with Gasteiger partial charge in [-0.05, 0) is 36.8 Å². The Labute approximate surface area is 133 Å². The molecule has 0 aliphatic carbocycles. The van der Waals surface area contributed by atoms with Crippen LogP contribution in [0.1, 0.15) is 12.5 Å². The molecule has 1 aliphatic heterocycles. The number of anilines is 1. The van der Waals surface area contributed by atoms with E-state index in [4.69, 9.17) is 0 Å². The number of benzene rings is 2. The lowest BCUT2D eigenvalue weighted by Gasteiger charge is -2.26. The topological polar surface area (TPSA) is 49.4 Å². The average Bonchev–Trinajstić information content (AvgIpc) is 2.70. The van der Waals surface area contributed by atoms with Gasteiger partial charge in [0.25, 0.3) is 10.0 Å². The van der Waals surface area contributed by atoms with E-state index in [2.05, 4.69) is 5.32 Å². The largest absolute Gasteiger partial charge is 0.308 e. The normalized spacial score (nSPS) is 18.4. The molecule has 2 aromatic rings. The number of para-hydroxylation sites is 1. The zero-order valence-corrected chi connectivity index (χ0v) is 13.3. The molecular weight excluding hydrogens is 322 g/mol. The molecule has 7 heteroatoms. The molecule has 0 saturated heterocycles. The van der Waals surface area contributed by atoms with Crippen molar-refractivity contribution >= 4 is 15.7 Å². The van der Waals surface area contributed by atoms with Crippen LogP contribution in [0.2, 0.25) is 0 Å². The van der Waals surface area contributed by atoms with Crippen LogP contribution in [0.25, 0.3) is 0 Å². The van der Waals surface area contributed by atoms with Crippen molar-refractivity contribution in [3.8, 4) is 0 Å². The highest BCUT2D eigenvalue weighted by Crippen LogP contribution is 2.29. The molecular formula is C16H16F2N2O2S. The molecule has 0 fully saturated rings. The van der Waals surface area contributed by atoms with E-state index in [9.17, 15) is 17.2 Å². The molecule has 2 aromatic carbocycles. The summed E-state index contributed by atoms with van der Waals surface area (Å²) in [5.74, 6) is -2.25. The molecule has 3 rings (SSSR count). The van der Waals surface area contributed by atoms with Gasteiger partial charge in [0.15, 0.2) is 11.6 Å². The first-order valence-corrected chi connectivity index (χ1v) is 8.62. The van der Waals surface area contributed by atoms with Crippen molar-refractivity contribution in [2.45, 2.75) is 24.4 Å². The summed E-state index contributed by atoms with van der Waals surface area (Å²) in [5, 5.41) is 3.23. The van der Waals surface area contributed by atoms with Crippen LogP contribution in [-0.4, -0.2) is 21.0 Å². The summed E-state index contributed by atoms with van der Waals surface area (Å²) < 4.78 is 53.7. The maximum atomic E-state index is 13.5. The number of hydrogen-bond donors (Lipinski definition) is 1. The quantitative estimate of drug-likeness (QED) is 0.916. The highest BCUT2D eigenvalue weighted by atomic mass is 32.2. The van der Waals surface area contributed by atoms with Crippen LogP contribution in [-0.2, 0) is 16.6 Å². The lowest BCUT2D eigenvalue weighted by Crippen LogP contribution is -2.39. The minimum absolute atomic E-state index is 0.0810. The van der Waals surface area contributed by atoms with Crippen LogP contribution in [0.4, 0.5) is 14.5 Å². The molecule has 1 heterocycles. The van der Waals surface area contributed by atoms with Crippen LogP contribution in [0, 0.1) is 11.6 Å². The summed E-state index contributed by atoms with van der Waals surface area (Å²) in [6.07, 6.45) is 0. The molecule has 0 radical (unpaired) electrons. The Bertz CT molecular complexity index is 840. The van der Waals surface area contributed by atoms with Crippen LogP contribution in [0.15, 0.2) is 47.4 Å². The number of hydrogen-bond acceptors (Lipinski definition) is 3. The van der Waals surface area contributed by atoms with Gasteiger partial charge in [0.1, 0.15) is 0 Å². The molecule has 0 spiro atoms. The second kappa shape index (κ2) is 5.90. The number of nitrogens with zero attached hydrogens (tertiary/aromatic N) is 1. The van der Waals surface area contributed by atoms with E-state index in [1.807, 2.05) is 19.1 Å². The van der Waals surface area contributed by atoms with Gasteiger partial charge in [-0.25, -0.2) is 17.2 Å². The van der Waals surface area contributed by atoms with Gasteiger partial charge < -0.3 is 5.32 Å². The molecule has 0 amide bonds. The molecule has 23 heavy (non-hydrogen) atoms. The summed E-state index contributed by atoms with van der Waals surface area (Å²) in [5.41, 5.74) is 1.39. The fraction of sp³-hybridized carbons (Fsp3) is 0.250. The van der Waals surface area contributed by atoms with Crippen molar-refractivity contribution in [3.63, 3.8) is 0 Å². The van der Waals surface area contributed by atoms with Crippen LogP contribution >= 0.6 is 0 Å². The minimum atomic E-state index is -3.98. The van der Waals surface area contributed by atoms with E-state index in [1.54, 1.807) is 12.1 Å². The smallest absolute Gasteiger partial charge is 0.264 e. The lowest BCUT2D eigenvalue weighted by atomic mass is 10.2. The van der Waals surface area contributed by atoms with Crippen LogP contribution < -0.4 is 9.62 Å². The summed E-state index contributed by atoms with van der Waals surface area (Å²) >= 11 is 0. The summed E-state index contributed by atoms with van der Waals surface area (Å²) in [6, 6.07) is 9.69. The van der Waals surface area contributed by atoms with Crippen molar-refractivity contribution < 1.29 is 17.2 Å². The predicted molar refractivity (Wildman–Crippen MR) is 83.6 cm³/mol. The van der Waals surface area contributed by atoms with E-state index >= 15 is 0 Å². The third-order valence-electron chi connectivity index (χ3n) is 3.82. The Morgan fingerprint density at radius 3 is 2.61 bits per heavy atom. The van der Waals surface area contributed by atoms with Crippen molar-refractivity contribution in [3.05, 3.63) is 59.7 Å². The van der Waals surface area contributed by atoms with Crippen molar-refractivity contribution in [1.82, 2.24) is 5.32 Å². The number of sulfonamides is 1. The number of nitrogens with one attached hydrogen (secondary N) is 1. The molecule has 0 aromatic heterocycles. The van der Waals surface area contributed by atoms with Crippen molar-refractivity contribution in [2.24, 2.45) is 0 Å². The first-order valence-electron chi connectivity index (χ1n) is 7.18. The zero-order valence-electron chi connectivity index (χ0n) is 12.5. The summed E-state index contributed by atoms with van der Waals surface area (Å²) in [7, 11) is -3.98. The predicted octanol–water partition coefficient (Wildman–Crippen LogP) is 2.65. The second-order valence-electron chi connectivity index (χ2n) is 5.52. The minimum Gasteiger partial charge on any atom is -0.308 e. The van der Waals surface area contributed by atoms with E-state index < -0.39 is 21.7 Å². The van der Waals surface area contributed by atoms with E-state index in [0.717, 1.165) is 23.8 Å². The number of halogens is 2. The van der Waals surface area contributed by atoms with Crippen LogP contribution in [0.3, 0.4) is 0 Å². The summed E-state index contributed by atoms with van der Waals surface area (Å²) in [6.45, 7) is 2.62. The van der Waals surface area contributed by atoms with Gasteiger partial charge in [-0.2, -0.15) is 0 Å². The van der Waals surface area contributed by atoms with Crippen molar-refractivity contribution in [1.29, 1.82) is 0 Å². The highest BCUT2D eigenvalue weighted by Gasteiger charge is 2.30. The third-order valence-corrected chi connectivity index (χ3v) is 5.60. The molecule has 1 atom stereocenters. The zero-order chi connectivity index (χ0) is 16.6. The summed E-state index contributed by atoms with van der Waals surface area (Å²) in [4.78, 5) is -0.264. The van der Waals surface area contributed by atoms with E-state index in [1.165, 1.54) is 4.31 Å². The monoisotopic (exact) mass is 338 g/mol. The highest BCUT2D eigenvalue weighted by molar-refractivity contribution is 7.92. The SMILES string of the molecule is CC1CN(S(=O)(=O)c2ccc(F)c(F)c2)c2ccccc2CN1. The first kappa shape index (κ1) is 15.9. The molecule has 1 aliphatic rings. The fourth-order valence-electron chi connectivity index (χ4n) is 2.59. The molecule has 0 saturated carbocycles. The van der Waals surface area contributed by atoms with Gasteiger partial charge in [-0.3, -0.25) is 4.31 Å². The molecule has 0 bridgehead atoms. The van der Waals surface area contributed by atoms with Gasteiger partial charge >= 0.3 is 0 Å². The first-order chi connectivity index (χ1) is 10.9. The average molecular weight is 338 g/mol. The lowest BCUT2D eigenvalue weighted by molar-refractivity contribution is 0.504.